The third-order valence-corrected chi connectivity index (χ3v) is 2.47. The van der Waals surface area contributed by atoms with Gasteiger partial charge in [0.15, 0.2) is 0 Å². The van der Waals surface area contributed by atoms with Crippen molar-refractivity contribution < 1.29 is 4.79 Å². The molecule has 0 atom stereocenters. The monoisotopic (exact) mass is 245 g/mol. The Morgan fingerprint density at radius 2 is 2.28 bits per heavy atom. The van der Waals surface area contributed by atoms with Crippen molar-refractivity contribution in [2.75, 3.05) is 11.1 Å². The number of hydrogen-bond acceptors (Lipinski definition) is 4. The van der Waals surface area contributed by atoms with Crippen LogP contribution in [0.15, 0.2) is 30.7 Å². The number of nitrogens with two attached hydrogens (primary N) is 1. The first-order valence-corrected chi connectivity index (χ1v) is 5.62. The Balaban J connectivity index is 1.83. The van der Waals surface area contributed by atoms with E-state index in [1.165, 1.54) is 6.20 Å². The summed E-state index contributed by atoms with van der Waals surface area (Å²) in [7, 11) is 1.85. The van der Waals surface area contributed by atoms with Gasteiger partial charge in [-0.1, -0.05) is 0 Å². The zero-order valence-corrected chi connectivity index (χ0v) is 10.1. The van der Waals surface area contributed by atoms with Gasteiger partial charge in [-0.25, -0.2) is 4.98 Å². The average molecular weight is 245 g/mol. The molecule has 0 aliphatic carbocycles. The summed E-state index contributed by atoms with van der Waals surface area (Å²) >= 11 is 0. The smallest absolute Gasteiger partial charge is 0.224 e. The Morgan fingerprint density at radius 1 is 1.44 bits per heavy atom. The van der Waals surface area contributed by atoms with Gasteiger partial charge in [-0.05, 0) is 24.1 Å². The topological polar surface area (TPSA) is 85.8 Å². The van der Waals surface area contributed by atoms with Crippen LogP contribution < -0.4 is 11.1 Å². The van der Waals surface area contributed by atoms with E-state index in [1.807, 2.05) is 13.2 Å². The van der Waals surface area contributed by atoms with Crippen LogP contribution in [0.25, 0.3) is 0 Å². The molecule has 0 fully saturated rings. The summed E-state index contributed by atoms with van der Waals surface area (Å²) in [5.41, 5.74) is 7.16. The Hall–Kier alpha value is -2.37. The molecule has 0 aromatic carbocycles. The van der Waals surface area contributed by atoms with Gasteiger partial charge in [0.1, 0.15) is 5.82 Å². The molecule has 0 radical (unpaired) electrons. The van der Waals surface area contributed by atoms with E-state index in [0.717, 1.165) is 5.56 Å². The predicted octanol–water partition coefficient (Wildman–Crippen LogP) is 0.969. The van der Waals surface area contributed by atoms with Gasteiger partial charge in [0, 0.05) is 19.7 Å². The molecule has 18 heavy (non-hydrogen) atoms. The highest BCUT2D eigenvalue weighted by atomic mass is 16.1. The van der Waals surface area contributed by atoms with Crippen molar-refractivity contribution in [1.29, 1.82) is 0 Å². The molecule has 6 nitrogen and oxygen atoms in total. The van der Waals surface area contributed by atoms with Crippen LogP contribution >= 0.6 is 0 Å². The van der Waals surface area contributed by atoms with Gasteiger partial charge in [-0.15, -0.1) is 0 Å². The number of aromatic nitrogens is 3. The fourth-order valence-electron chi connectivity index (χ4n) is 1.56. The van der Waals surface area contributed by atoms with Crippen LogP contribution in [0.3, 0.4) is 0 Å². The molecule has 94 valence electrons. The summed E-state index contributed by atoms with van der Waals surface area (Å²) in [5.74, 6) is 0.383. The zero-order chi connectivity index (χ0) is 13.0. The quantitative estimate of drug-likeness (QED) is 0.840. The van der Waals surface area contributed by atoms with Crippen LogP contribution in [-0.4, -0.2) is 20.7 Å². The van der Waals surface area contributed by atoms with Gasteiger partial charge in [0.05, 0.1) is 18.1 Å². The summed E-state index contributed by atoms with van der Waals surface area (Å²) in [6, 6.07) is 3.38. The van der Waals surface area contributed by atoms with E-state index in [1.54, 1.807) is 23.0 Å². The number of nitrogens with one attached hydrogen (secondary N) is 1. The van der Waals surface area contributed by atoms with E-state index in [9.17, 15) is 4.79 Å². The van der Waals surface area contributed by atoms with Crippen LogP contribution in [0.2, 0.25) is 0 Å². The Kier molecular flexibility index (Phi) is 3.57. The van der Waals surface area contributed by atoms with Crippen molar-refractivity contribution in [3.05, 3.63) is 36.3 Å². The second-order valence-corrected chi connectivity index (χ2v) is 4.04. The summed E-state index contributed by atoms with van der Waals surface area (Å²) in [5, 5.41) is 6.81. The Morgan fingerprint density at radius 3 is 2.89 bits per heavy atom. The van der Waals surface area contributed by atoms with Crippen LogP contribution in [0, 0.1) is 0 Å². The maximum atomic E-state index is 11.7. The lowest BCUT2D eigenvalue weighted by molar-refractivity contribution is -0.116. The number of carbonyl (C=O) groups excluding carboxylic acids is 1. The Bertz CT molecular complexity index is 532. The van der Waals surface area contributed by atoms with Crippen LogP contribution in [0.5, 0.6) is 0 Å². The highest BCUT2D eigenvalue weighted by Gasteiger charge is 2.04. The summed E-state index contributed by atoms with van der Waals surface area (Å²) < 4.78 is 1.72. The lowest BCUT2D eigenvalue weighted by Crippen LogP contribution is -2.12. The first-order valence-electron chi connectivity index (χ1n) is 5.62. The molecular weight excluding hydrogens is 230 g/mol. The molecule has 0 aliphatic rings. The molecule has 0 saturated heterocycles. The lowest BCUT2D eigenvalue weighted by Gasteiger charge is -2.04. The molecule has 0 bridgehead atoms. The number of hydrogen-bond donors (Lipinski definition) is 2. The van der Waals surface area contributed by atoms with E-state index in [4.69, 9.17) is 5.73 Å². The molecule has 2 rings (SSSR count). The van der Waals surface area contributed by atoms with Crippen molar-refractivity contribution in [3.8, 4) is 0 Å². The number of anilines is 2. The largest absolute Gasteiger partial charge is 0.384 e. The zero-order valence-electron chi connectivity index (χ0n) is 10.1. The van der Waals surface area contributed by atoms with E-state index < -0.39 is 0 Å². The highest BCUT2D eigenvalue weighted by Crippen LogP contribution is 2.08. The minimum absolute atomic E-state index is 0.0505. The van der Waals surface area contributed by atoms with Gasteiger partial charge in [0.2, 0.25) is 5.91 Å². The van der Waals surface area contributed by atoms with Crippen molar-refractivity contribution >= 4 is 17.4 Å². The lowest BCUT2D eigenvalue weighted by atomic mass is 10.2. The number of carbonyl (C=O) groups is 1. The molecule has 0 spiro atoms. The first-order chi connectivity index (χ1) is 8.63. The van der Waals surface area contributed by atoms with Crippen molar-refractivity contribution in [3.63, 3.8) is 0 Å². The summed E-state index contributed by atoms with van der Waals surface area (Å²) in [4.78, 5) is 15.6. The van der Waals surface area contributed by atoms with Crippen molar-refractivity contribution in [2.45, 2.75) is 12.8 Å². The second-order valence-electron chi connectivity index (χ2n) is 4.04. The molecule has 6 heteroatoms. The maximum absolute atomic E-state index is 11.7. The van der Waals surface area contributed by atoms with Gasteiger partial charge >= 0.3 is 0 Å². The van der Waals surface area contributed by atoms with E-state index >= 15 is 0 Å². The number of nitrogens with zero attached hydrogens (tertiary/aromatic N) is 3. The van der Waals surface area contributed by atoms with Crippen LogP contribution in [-0.2, 0) is 18.3 Å². The molecule has 2 aromatic rings. The van der Waals surface area contributed by atoms with Gasteiger partial charge in [0.25, 0.3) is 0 Å². The van der Waals surface area contributed by atoms with E-state index in [0.29, 0.717) is 24.3 Å². The molecule has 3 N–H and O–H groups in total. The maximum Gasteiger partial charge on any atom is 0.224 e. The number of amides is 1. The fourth-order valence-corrected chi connectivity index (χ4v) is 1.56. The van der Waals surface area contributed by atoms with Crippen LogP contribution in [0.1, 0.15) is 12.0 Å². The van der Waals surface area contributed by atoms with E-state index in [2.05, 4.69) is 15.4 Å². The molecule has 0 unspecified atom stereocenters. The number of aryl methyl sites for hydroxylation is 2. The van der Waals surface area contributed by atoms with Gasteiger partial charge < -0.3 is 11.1 Å². The third-order valence-electron chi connectivity index (χ3n) is 2.47. The number of pyridine rings is 1. The van der Waals surface area contributed by atoms with Gasteiger partial charge in [-0.2, -0.15) is 5.10 Å². The second kappa shape index (κ2) is 5.31. The number of rotatable bonds is 4. The summed E-state index contributed by atoms with van der Waals surface area (Å²) in [6.07, 6.45) is 6.28. The van der Waals surface area contributed by atoms with Crippen molar-refractivity contribution in [2.24, 2.45) is 7.05 Å². The predicted molar refractivity (Wildman–Crippen MR) is 68.8 cm³/mol. The molecule has 1 amide bonds. The summed E-state index contributed by atoms with van der Waals surface area (Å²) in [6.45, 7) is 0. The highest BCUT2D eigenvalue weighted by molar-refractivity contribution is 5.90. The Labute approximate surface area is 105 Å². The van der Waals surface area contributed by atoms with E-state index in [-0.39, 0.29) is 5.91 Å². The minimum Gasteiger partial charge on any atom is -0.384 e. The van der Waals surface area contributed by atoms with Crippen molar-refractivity contribution in [1.82, 2.24) is 14.8 Å². The molecule has 0 saturated carbocycles. The fraction of sp³-hybridized carbons (Fsp3) is 0.250. The van der Waals surface area contributed by atoms with Gasteiger partial charge in [-0.3, -0.25) is 9.48 Å². The molecule has 2 heterocycles. The van der Waals surface area contributed by atoms with Crippen LogP contribution in [0.4, 0.5) is 11.5 Å². The molecule has 0 aliphatic heterocycles. The normalized spacial score (nSPS) is 10.3. The minimum atomic E-state index is -0.0505. The SMILES string of the molecule is Cn1cc(CCC(=O)Nc2ccc(N)nc2)cn1. The first kappa shape index (κ1) is 12.1. The number of nitrogen functional groups attached to an aromatic ring is 1. The standard InChI is InChI=1S/C12H15N5O/c1-17-8-9(6-15-17)2-5-12(18)16-10-3-4-11(13)14-7-10/h3-4,6-8H,2,5H2,1H3,(H2,13,14)(H,16,18). The molecular formula is C12H15N5O. The molecule has 2 aromatic heterocycles. The third kappa shape index (κ3) is 3.31. The average Bonchev–Trinajstić information content (AvgIpc) is 2.76.